The summed E-state index contributed by atoms with van der Waals surface area (Å²) in [4.78, 5) is 0. The zero-order valence-corrected chi connectivity index (χ0v) is 15.9. The van der Waals surface area contributed by atoms with Gasteiger partial charge >= 0.3 is 8.80 Å². The molecule has 0 aliphatic rings. The molecule has 0 aromatic heterocycles. The number of aryl methyl sites for hydroxylation is 1. The van der Waals surface area contributed by atoms with Crippen LogP contribution in [0.15, 0.2) is 24.3 Å². The summed E-state index contributed by atoms with van der Waals surface area (Å²) in [5.74, 6) is 0. The molecule has 0 amide bonds. The van der Waals surface area contributed by atoms with E-state index in [0.717, 1.165) is 24.2 Å². The highest BCUT2D eigenvalue weighted by atomic mass is 79.9. The highest BCUT2D eigenvalue weighted by molar-refractivity contribution is 9.09. The van der Waals surface area contributed by atoms with Crippen molar-refractivity contribution in [1.29, 1.82) is 0 Å². The Morgan fingerprint density at radius 3 is 1.76 bits per heavy atom. The second-order valence-corrected chi connectivity index (χ2v) is 8.15. The maximum atomic E-state index is 5.90. The van der Waals surface area contributed by atoms with Crippen molar-refractivity contribution in [3.63, 3.8) is 0 Å². The Labute approximate surface area is 138 Å². The van der Waals surface area contributed by atoms with Crippen LogP contribution in [-0.2, 0) is 25.7 Å². The monoisotopic (exact) mass is 374 g/mol. The van der Waals surface area contributed by atoms with Gasteiger partial charge in [0, 0.05) is 31.2 Å². The van der Waals surface area contributed by atoms with Crippen molar-refractivity contribution in [2.75, 3.05) is 25.2 Å². The maximum Gasteiger partial charge on any atom is 0.505 e. The highest BCUT2D eigenvalue weighted by Crippen LogP contribution is 2.18. The van der Waals surface area contributed by atoms with Crippen molar-refractivity contribution < 1.29 is 13.3 Å². The zero-order chi connectivity index (χ0) is 15.6. The van der Waals surface area contributed by atoms with E-state index in [-0.39, 0.29) is 0 Å². The summed E-state index contributed by atoms with van der Waals surface area (Å²) in [6.45, 7) is 7.83. The second kappa shape index (κ2) is 10.5. The molecule has 0 saturated heterocycles. The predicted octanol–water partition coefficient (Wildman–Crippen LogP) is 4.14. The molecular formula is C16H27BrO3Si. The van der Waals surface area contributed by atoms with E-state index in [4.69, 9.17) is 13.3 Å². The zero-order valence-electron chi connectivity index (χ0n) is 13.4. The third-order valence-electron chi connectivity index (χ3n) is 3.14. The largest absolute Gasteiger partial charge is 0.505 e. The fourth-order valence-corrected chi connectivity index (χ4v) is 5.17. The first-order valence-corrected chi connectivity index (χ1v) is 10.8. The second-order valence-electron chi connectivity index (χ2n) is 4.77. The van der Waals surface area contributed by atoms with E-state index >= 15 is 0 Å². The number of hydrogen-bond acceptors (Lipinski definition) is 3. The van der Waals surface area contributed by atoms with Crippen LogP contribution >= 0.6 is 15.9 Å². The van der Waals surface area contributed by atoms with E-state index < -0.39 is 8.80 Å². The Bertz CT molecular complexity index is 367. The summed E-state index contributed by atoms with van der Waals surface area (Å²) in [5, 5.41) is 1.05. The van der Waals surface area contributed by atoms with Crippen LogP contribution in [0.3, 0.4) is 0 Å². The molecule has 0 aliphatic carbocycles. The molecule has 0 fully saturated rings. The fourth-order valence-electron chi connectivity index (χ4n) is 2.28. The van der Waals surface area contributed by atoms with Gasteiger partial charge in [-0.05, 0) is 44.7 Å². The first-order valence-electron chi connectivity index (χ1n) is 7.75. The smallest absolute Gasteiger partial charge is 0.374 e. The quantitative estimate of drug-likeness (QED) is 0.430. The van der Waals surface area contributed by atoms with Crippen LogP contribution in [0.4, 0.5) is 0 Å². The molecule has 1 aromatic carbocycles. The first-order chi connectivity index (χ1) is 10.2. The molecule has 0 saturated carbocycles. The average molecular weight is 375 g/mol. The van der Waals surface area contributed by atoms with Gasteiger partial charge in [-0.25, -0.2) is 0 Å². The minimum Gasteiger partial charge on any atom is -0.374 e. The molecule has 0 heterocycles. The third kappa shape index (κ3) is 6.61. The van der Waals surface area contributed by atoms with Gasteiger partial charge in [0.05, 0.1) is 0 Å². The molecule has 120 valence electrons. The maximum absolute atomic E-state index is 5.90. The molecule has 0 spiro atoms. The number of benzene rings is 1. The summed E-state index contributed by atoms with van der Waals surface area (Å²) in [5.41, 5.74) is 2.59. The first kappa shape index (κ1) is 18.8. The number of rotatable bonds is 11. The van der Waals surface area contributed by atoms with Crippen molar-refractivity contribution in [1.82, 2.24) is 0 Å². The van der Waals surface area contributed by atoms with Crippen LogP contribution in [0, 0.1) is 0 Å². The Balaban J connectivity index is 2.76. The Morgan fingerprint density at radius 1 is 0.857 bits per heavy atom. The van der Waals surface area contributed by atoms with Crippen LogP contribution in [0.2, 0.25) is 0 Å². The van der Waals surface area contributed by atoms with Crippen molar-refractivity contribution >= 4 is 24.7 Å². The topological polar surface area (TPSA) is 27.7 Å². The lowest BCUT2D eigenvalue weighted by Gasteiger charge is -2.28. The van der Waals surface area contributed by atoms with Gasteiger partial charge in [0.15, 0.2) is 0 Å². The van der Waals surface area contributed by atoms with Gasteiger partial charge in [-0.1, -0.05) is 40.2 Å². The van der Waals surface area contributed by atoms with Crippen LogP contribution < -0.4 is 0 Å². The lowest BCUT2D eigenvalue weighted by molar-refractivity contribution is 0.0704. The fraction of sp³-hybridized carbons (Fsp3) is 0.625. The van der Waals surface area contributed by atoms with E-state index in [1.54, 1.807) is 0 Å². The summed E-state index contributed by atoms with van der Waals surface area (Å²) < 4.78 is 17.7. The molecule has 3 nitrogen and oxygen atoms in total. The van der Waals surface area contributed by atoms with Crippen LogP contribution in [0.5, 0.6) is 0 Å². The van der Waals surface area contributed by atoms with Gasteiger partial charge in [0.1, 0.15) is 0 Å². The lowest BCUT2D eigenvalue weighted by atomic mass is 10.1. The molecule has 21 heavy (non-hydrogen) atoms. The van der Waals surface area contributed by atoms with Crippen molar-refractivity contribution in [3.05, 3.63) is 35.4 Å². The standard InChI is InChI=1S/C16H27BrO3Si/c1-4-18-21(19-5-2,20-6-3)14-16-11-9-15(10-12-16)8-7-13-17/h9-12H,4-8,13-14H2,1-3H3. The predicted molar refractivity (Wildman–Crippen MR) is 92.9 cm³/mol. The lowest BCUT2D eigenvalue weighted by Crippen LogP contribution is -2.48. The van der Waals surface area contributed by atoms with E-state index in [9.17, 15) is 0 Å². The molecule has 0 radical (unpaired) electrons. The van der Waals surface area contributed by atoms with E-state index in [2.05, 4.69) is 40.2 Å². The van der Waals surface area contributed by atoms with Crippen molar-refractivity contribution in [3.8, 4) is 0 Å². The molecule has 1 aromatic rings. The van der Waals surface area contributed by atoms with Crippen LogP contribution in [0.1, 0.15) is 38.3 Å². The van der Waals surface area contributed by atoms with E-state index in [1.165, 1.54) is 11.1 Å². The van der Waals surface area contributed by atoms with Crippen molar-refractivity contribution in [2.24, 2.45) is 0 Å². The highest BCUT2D eigenvalue weighted by Gasteiger charge is 2.40. The van der Waals surface area contributed by atoms with Crippen LogP contribution in [0.25, 0.3) is 0 Å². The van der Waals surface area contributed by atoms with Gasteiger partial charge in [-0.2, -0.15) is 0 Å². The van der Waals surface area contributed by atoms with E-state index in [0.29, 0.717) is 19.8 Å². The summed E-state index contributed by atoms with van der Waals surface area (Å²) in [6.07, 6.45) is 2.27. The van der Waals surface area contributed by atoms with Crippen molar-refractivity contribution in [2.45, 2.75) is 39.7 Å². The Kier molecular flexibility index (Phi) is 9.43. The third-order valence-corrected chi connectivity index (χ3v) is 6.72. The summed E-state index contributed by atoms with van der Waals surface area (Å²) >= 11 is 3.47. The van der Waals surface area contributed by atoms with Crippen LogP contribution in [-0.4, -0.2) is 34.0 Å². The number of halogens is 1. The Morgan fingerprint density at radius 2 is 1.33 bits per heavy atom. The molecule has 0 aliphatic heterocycles. The van der Waals surface area contributed by atoms with Gasteiger partial charge in [0.2, 0.25) is 0 Å². The molecule has 0 N–H and O–H groups in total. The molecule has 0 bridgehead atoms. The molecule has 1 rings (SSSR count). The molecular weight excluding hydrogens is 348 g/mol. The van der Waals surface area contributed by atoms with E-state index in [1.807, 2.05) is 20.8 Å². The summed E-state index contributed by atoms with van der Waals surface area (Å²) in [6, 6.07) is 9.47. The average Bonchev–Trinajstić information content (AvgIpc) is 2.47. The molecule has 0 unspecified atom stereocenters. The van der Waals surface area contributed by atoms with Gasteiger partial charge in [0.25, 0.3) is 0 Å². The normalized spacial score (nSPS) is 11.8. The van der Waals surface area contributed by atoms with Gasteiger partial charge in [-0.15, -0.1) is 0 Å². The number of alkyl halides is 1. The van der Waals surface area contributed by atoms with Gasteiger partial charge in [-0.3, -0.25) is 0 Å². The molecule has 5 heteroatoms. The summed E-state index contributed by atoms with van der Waals surface area (Å²) in [7, 11) is -2.59. The SMILES string of the molecule is CCO[Si](Cc1ccc(CCCBr)cc1)(OCC)OCC. The molecule has 0 atom stereocenters. The van der Waals surface area contributed by atoms with Gasteiger partial charge < -0.3 is 13.3 Å². The Hall–Kier alpha value is -0.203. The minimum absolute atomic E-state index is 0.621. The minimum atomic E-state index is -2.59. The number of hydrogen-bond donors (Lipinski definition) is 0.